The number of H-pyrrole nitrogens is 1. The molecule has 0 saturated carbocycles. The summed E-state index contributed by atoms with van der Waals surface area (Å²) in [5.41, 5.74) is 0. The highest BCUT2D eigenvalue weighted by molar-refractivity contribution is 5.88. The van der Waals surface area contributed by atoms with Gasteiger partial charge in [0.05, 0.1) is 0 Å². The Bertz CT molecular complexity index is 357. The van der Waals surface area contributed by atoms with E-state index in [1.165, 1.54) is 0 Å². The highest BCUT2D eigenvalue weighted by Crippen LogP contribution is 2.09. The molecule has 2 amide bonds. The zero-order chi connectivity index (χ0) is 11.4. The Kier molecular flexibility index (Phi) is 3.25. The minimum Gasteiger partial charge on any atom is -0.372 e. The summed E-state index contributed by atoms with van der Waals surface area (Å²) in [5, 5.41) is 15.5. The number of anilines is 2. The maximum absolute atomic E-state index is 11.8. The molecule has 1 saturated heterocycles. The van der Waals surface area contributed by atoms with Gasteiger partial charge in [-0.05, 0) is 0 Å². The first-order valence-electron chi connectivity index (χ1n) is 5.29. The SMILES string of the molecule is CNc1cc(NC(=O)N2CCNCC2)[nH]n1. The minimum atomic E-state index is -0.0900. The number of nitrogens with one attached hydrogen (secondary N) is 4. The van der Waals surface area contributed by atoms with Crippen molar-refractivity contribution in [1.29, 1.82) is 0 Å². The van der Waals surface area contributed by atoms with E-state index < -0.39 is 0 Å². The molecule has 1 aliphatic heterocycles. The Morgan fingerprint density at radius 2 is 2.25 bits per heavy atom. The average Bonchev–Trinajstić information content (AvgIpc) is 2.78. The Morgan fingerprint density at radius 1 is 1.50 bits per heavy atom. The van der Waals surface area contributed by atoms with Crippen LogP contribution in [0.15, 0.2) is 6.07 Å². The van der Waals surface area contributed by atoms with Gasteiger partial charge < -0.3 is 15.5 Å². The molecule has 0 aliphatic carbocycles. The lowest BCUT2D eigenvalue weighted by atomic mass is 10.4. The smallest absolute Gasteiger partial charge is 0.323 e. The molecule has 1 aromatic heterocycles. The summed E-state index contributed by atoms with van der Waals surface area (Å²) in [4.78, 5) is 13.6. The second-order valence-corrected chi connectivity index (χ2v) is 3.58. The number of hydrogen-bond donors (Lipinski definition) is 4. The Morgan fingerprint density at radius 3 is 2.88 bits per heavy atom. The van der Waals surface area contributed by atoms with Crippen LogP contribution >= 0.6 is 0 Å². The average molecular weight is 224 g/mol. The zero-order valence-corrected chi connectivity index (χ0v) is 9.21. The number of nitrogens with zero attached hydrogens (tertiary/aromatic N) is 2. The minimum absolute atomic E-state index is 0.0900. The van der Waals surface area contributed by atoms with E-state index in [0.29, 0.717) is 11.6 Å². The highest BCUT2D eigenvalue weighted by atomic mass is 16.2. The fourth-order valence-electron chi connectivity index (χ4n) is 1.58. The van der Waals surface area contributed by atoms with Crippen molar-refractivity contribution in [3.05, 3.63) is 6.07 Å². The molecule has 0 unspecified atom stereocenters. The number of carbonyl (C=O) groups excluding carboxylic acids is 1. The number of amides is 2. The van der Waals surface area contributed by atoms with Crippen molar-refractivity contribution in [2.45, 2.75) is 0 Å². The van der Waals surface area contributed by atoms with Gasteiger partial charge in [-0.1, -0.05) is 0 Å². The fraction of sp³-hybridized carbons (Fsp3) is 0.556. The molecule has 2 heterocycles. The number of carbonyl (C=O) groups is 1. The van der Waals surface area contributed by atoms with Crippen LogP contribution in [0.5, 0.6) is 0 Å². The molecule has 0 bridgehead atoms. The Labute approximate surface area is 93.6 Å². The largest absolute Gasteiger partial charge is 0.372 e. The van der Waals surface area contributed by atoms with Gasteiger partial charge in [0.25, 0.3) is 0 Å². The summed E-state index contributed by atoms with van der Waals surface area (Å²) >= 11 is 0. The first-order valence-corrected chi connectivity index (χ1v) is 5.29. The molecule has 1 aromatic rings. The van der Waals surface area contributed by atoms with E-state index in [1.54, 1.807) is 18.0 Å². The van der Waals surface area contributed by atoms with Crippen LogP contribution in [0, 0.1) is 0 Å². The number of aromatic nitrogens is 2. The normalized spacial score (nSPS) is 15.9. The highest BCUT2D eigenvalue weighted by Gasteiger charge is 2.16. The molecule has 0 radical (unpaired) electrons. The number of aromatic amines is 1. The predicted molar refractivity (Wildman–Crippen MR) is 61.6 cm³/mol. The van der Waals surface area contributed by atoms with Crippen molar-refractivity contribution in [2.75, 3.05) is 43.9 Å². The third-order valence-electron chi connectivity index (χ3n) is 2.48. The lowest BCUT2D eigenvalue weighted by molar-refractivity contribution is 0.204. The number of hydrogen-bond acceptors (Lipinski definition) is 4. The molecule has 7 heteroatoms. The summed E-state index contributed by atoms with van der Waals surface area (Å²) < 4.78 is 0. The van der Waals surface area contributed by atoms with Gasteiger partial charge in [-0.2, -0.15) is 5.10 Å². The Balaban J connectivity index is 1.90. The zero-order valence-electron chi connectivity index (χ0n) is 9.21. The molecule has 0 aromatic carbocycles. The molecule has 0 spiro atoms. The molecule has 1 aliphatic rings. The number of rotatable bonds is 2. The van der Waals surface area contributed by atoms with Gasteiger partial charge in [-0.15, -0.1) is 0 Å². The van der Waals surface area contributed by atoms with Crippen LogP contribution < -0.4 is 16.0 Å². The summed E-state index contributed by atoms with van der Waals surface area (Å²) in [6, 6.07) is 1.66. The van der Waals surface area contributed by atoms with Crippen LogP contribution in [0.4, 0.5) is 16.4 Å². The van der Waals surface area contributed by atoms with E-state index in [1.807, 2.05) is 0 Å². The van der Waals surface area contributed by atoms with Crippen molar-refractivity contribution in [3.63, 3.8) is 0 Å². The molecular weight excluding hydrogens is 208 g/mol. The van der Waals surface area contributed by atoms with Crippen LogP contribution in [0.1, 0.15) is 0 Å². The monoisotopic (exact) mass is 224 g/mol. The lowest BCUT2D eigenvalue weighted by Gasteiger charge is -2.27. The molecular formula is C9H16N6O. The molecule has 16 heavy (non-hydrogen) atoms. The molecule has 2 rings (SSSR count). The summed E-state index contributed by atoms with van der Waals surface area (Å²) in [6.45, 7) is 3.16. The quantitative estimate of drug-likeness (QED) is 0.564. The van der Waals surface area contributed by atoms with Gasteiger partial charge >= 0.3 is 6.03 Å². The standard InChI is InChI=1S/C9H16N6O/c1-10-7-6-8(14-13-7)12-9(16)15-4-2-11-3-5-15/h6,11H,2-5H2,1H3,(H3,10,12,13,14,16). The first kappa shape index (κ1) is 10.7. The van der Waals surface area contributed by atoms with E-state index in [4.69, 9.17) is 0 Å². The van der Waals surface area contributed by atoms with Gasteiger partial charge in [-0.3, -0.25) is 10.4 Å². The summed E-state index contributed by atoms with van der Waals surface area (Å²) in [7, 11) is 1.78. The van der Waals surface area contributed by atoms with Crippen LogP contribution in [-0.4, -0.2) is 54.4 Å². The predicted octanol–water partition coefficient (Wildman–Crippen LogP) is -0.111. The van der Waals surface area contributed by atoms with Crippen LogP contribution in [0.3, 0.4) is 0 Å². The van der Waals surface area contributed by atoms with Gasteiger partial charge in [-0.25, -0.2) is 4.79 Å². The van der Waals surface area contributed by atoms with Crippen molar-refractivity contribution in [1.82, 2.24) is 20.4 Å². The summed E-state index contributed by atoms with van der Waals surface area (Å²) in [5.74, 6) is 1.31. The van der Waals surface area contributed by atoms with Crippen molar-refractivity contribution < 1.29 is 4.79 Å². The van der Waals surface area contributed by atoms with Gasteiger partial charge in [0, 0.05) is 39.3 Å². The maximum Gasteiger partial charge on any atom is 0.323 e. The molecule has 7 nitrogen and oxygen atoms in total. The van der Waals surface area contributed by atoms with Gasteiger partial charge in [0.1, 0.15) is 11.6 Å². The van der Waals surface area contributed by atoms with E-state index in [0.717, 1.165) is 26.2 Å². The van der Waals surface area contributed by atoms with Crippen molar-refractivity contribution in [3.8, 4) is 0 Å². The van der Waals surface area contributed by atoms with Crippen molar-refractivity contribution >= 4 is 17.7 Å². The molecule has 0 atom stereocenters. The second-order valence-electron chi connectivity index (χ2n) is 3.58. The number of urea groups is 1. The maximum atomic E-state index is 11.8. The first-order chi connectivity index (χ1) is 7.79. The lowest BCUT2D eigenvalue weighted by Crippen LogP contribution is -2.48. The van der Waals surface area contributed by atoms with Gasteiger partial charge in [0.15, 0.2) is 0 Å². The van der Waals surface area contributed by atoms with E-state index in [2.05, 4.69) is 26.1 Å². The molecule has 1 fully saturated rings. The Hall–Kier alpha value is -1.76. The third-order valence-corrected chi connectivity index (χ3v) is 2.48. The molecule has 4 N–H and O–H groups in total. The van der Waals surface area contributed by atoms with E-state index >= 15 is 0 Å². The second kappa shape index (κ2) is 4.84. The van der Waals surface area contributed by atoms with Crippen molar-refractivity contribution in [2.24, 2.45) is 0 Å². The van der Waals surface area contributed by atoms with Crippen LogP contribution in [-0.2, 0) is 0 Å². The third kappa shape index (κ3) is 2.43. The number of piperazine rings is 1. The van der Waals surface area contributed by atoms with E-state index in [-0.39, 0.29) is 6.03 Å². The topological polar surface area (TPSA) is 85.1 Å². The van der Waals surface area contributed by atoms with Gasteiger partial charge in [0.2, 0.25) is 0 Å². The van der Waals surface area contributed by atoms with E-state index in [9.17, 15) is 4.79 Å². The summed E-state index contributed by atoms with van der Waals surface area (Å²) in [6.07, 6.45) is 0. The van der Waals surface area contributed by atoms with Crippen LogP contribution in [0.2, 0.25) is 0 Å². The molecule has 88 valence electrons. The fourth-order valence-corrected chi connectivity index (χ4v) is 1.58. The van der Waals surface area contributed by atoms with Crippen LogP contribution in [0.25, 0.3) is 0 Å².